The van der Waals surface area contributed by atoms with Crippen LogP contribution in [0.5, 0.6) is 0 Å². The summed E-state index contributed by atoms with van der Waals surface area (Å²) >= 11 is 0. The molecule has 0 aliphatic carbocycles. The van der Waals surface area contributed by atoms with Crippen LogP contribution in [0.25, 0.3) is 0 Å². The molecule has 5 heteroatoms. The molecular formula is C12H26N2O2S. The molecule has 1 fully saturated rings. The number of sulfone groups is 1. The summed E-state index contributed by atoms with van der Waals surface area (Å²) in [6.07, 6.45) is 3.36. The number of hydrogen-bond acceptors (Lipinski definition) is 4. The van der Waals surface area contributed by atoms with Gasteiger partial charge in [0.2, 0.25) is 0 Å². The highest BCUT2D eigenvalue weighted by atomic mass is 32.2. The molecule has 0 amide bonds. The molecule has 1 atom stereocenters. The lowest BCUT2D eigenvalue weighted by Crippen LogP contribution is -2.39. The minimum absolute atomic E-state index is 0.261. The molecule has 0 aromatic rings. The maximum Gasteiger partial charge on any atom is 0.150 e. The fourth-order valence-corrected chi connectivity index (χ4v) is 3.06. The van der Waals surface area contributed by atoms with Gasteiger partial charge in [0.25, 0.3) is 0 Å². The lowest BCUT2D eigenvalue weighted by Gasteiger charge is -2.23. The van der Waals surface area contributed by atoms with Crippen LogP contribution in [0.1, 0.15) is 33.1 Å². The van der Waals surface area contributed by atoms with Gasteiger partial charge < -0.3 is 5.32 Å². The summed E-state index contributed by atoms with van der Waals surface area (Å²) < 4.78 is 22.5. The van der Waals surface area contributed by atoms with Crippen molar-refractivity contribution in [2.75, 3.05) is 37.7 Å². The van der Waals surface area contributed by atoms with Crippen molar-refractivity contribution in [1.29, 1.82) is 0 Å². The van der Waals surface area contributed by atoms with E-state index in [1.165, 1.54) is 25.9 Å². The molecule has 1 aliphatic rings. The summed E-state index contributed by atoms with van der Waals surface area (Å²) in [6.45, 7) is 8.14. The number of nitrogens with one attached hydrogen (secondary N) is 1. The van der Waals surface area contributed by atoms with Crippen LogP contribution < -0.4 is 5.32 Å². The average molecular weight is 262 g/mol. The van der Waals surface area contributed by atoms with Gasteiger partial charge in [0.05, 0.1) is 5.75 Å². The lowest BCUT2D eigenvalue weighted by atomic mass is 10.3. The Hall–Kier alpha value is -0.130. The third kappa shape index (κ3) is 5.84. The molecule has 0 radical (unpaired) electrons. The normalized spacial score (nSPS) is 19.6. The van der Waals surface area contributed by atoms with Crippen molar-refractivity contribution in [2.24, 2.45) is 0 Å². The van der Waals surface area contributed by atoms with Gasteiger partial charge in [0.15, 0.2) is 0 Å². The van der Waals surface area contributed by atoms with E-state index in [1.54, 1.807) is 6.92 Å². The van der Waals surface area contributed by atoms with Gasteiger partial charge >= 0.3 is 0 Å². The minimum Gasteiger partial charge on any atom is -0.315 e. The highest BCUT2D eigenvalue weighted by Gasteiger charge is 2.17. The highest BCUT2D eigenvalue weighted by Crippen LogP contribution is 2.10. The number of hydrogen-bond donors (Lipinski definition) is 1. The summed E-state index contributed by atoms with van der Waals surface area (Å²) in [5, 5.41) is 3.35. The van der Waals surface area contributed by atoms with E-state index in [-0.39, 0.29) is 5.75 Å². The molecule has 17 heavy (non-hydrogen) atoms. The van der Waals surface area contributed by atoms with Crippen molar-refractivity contribution in [1.82, 2.24) is 10.2 Å². The van der Waals surface area contributed by atoms with E-state index in [2.05, 4.69) is 17.1 Å². The molecule has 4 nitrogen and oxygen atoms in total. The van der Waals surface area contributed by atoms with Crippen LogP contribution in [-0.4, -0.2) is 57.0 Å². The summed E-state index contributed by atoms with van der Waals surface area (Å²) in [5.74, 6) is 0.575. The SMILES string of the molecule is CCS(=O)(=O)CCCNCC(C)N1CCCC1. The van der Waals surface area contributed by atoms with Crippen LogP contribution in [0.15, 0.2) is 0 Å². The molecule has 1 rings (SSSR count). The molecule has 0 bridgehead atoms. The van der Waals surface area contributed by atoms with Crippen molar-refractivity contribution in [3.05, 3.63) is 0 Å². The van der Waals surface area contributed by atoms with Crippen LogP contribution >= 0.6 is 0 Å². The van der Waals surface area contributed by atoms with E-state index in [0.29, 0.717) is 11.8 Å². The standard InChI is InChI=1S/C12H26N2O2S/c1-3-17(15,16)10-6-7-13-11-12(2)14-8-4-5-9-14/h12-13H,3-11H2,1-2H3. The fraction of sp³-hybridized carbons (Fsp3) is 1.00. The largest absolute Gasteiger partial charge is 0.315 e. The summed E-state index contributed by atoms with van der Waals surface area (Å²) in [6, 6.07) is 0.570. The Balaban J connectivity index is 2.04. The van der Waals surface area contributed by atoms with E-state index < -0.39 is 9.84 Å². The number of likely N-dealkylation sites (tertiary alicyclic amines) is 1. The van der Waals surface area contributed by atoms with Gasteiger partial charge in [-0.25, -0.2) is 8.42 Å². The molecule has 1 aliphatic heterocycles. The average Bonchev–Trinajstić information content (AvgIpc) is 2.82. The van der Waals surface area contributed by atoms with Gasteiger partial charge in [-0.15, -0.1) is 0 Å². The molecule has 1 saturated heterocycles. The first-order valence-corrected chi connectivity index (χ1v) is 8.52. The van der Waals surface area contributed by atoms with Gasteiger partial charge in [-0.1, -0.05) is 6.92 Å². The van der Waals surface area contributed by atoms with Gasteiger partial charge in [-0.3, -0.25) is 4.90 Å². The van der Waals surface area contributed by atoms with Crippen LogP contribution in [0.4, 0.5) is 0 Å². The van der Waals surface area contributed by atoms with Crippen LogP contribution in [0.3, 0.4) is 0 Å². The molecule has 102 valence electrons. The molecular weight excluding hydrogens is 236 g/mol. The number of rotatable bonds is 8. The monoisotopic (exact) mass is 262 g/mol. The Morgan fingerprint density at radius 1 is 1.29 bits per heavy atom. The Labute approximate surface area is 106 Å². The Kier molecular flexibility index (Phi) is 6.44. The zero-order valence-corrected chi connectivity index (χ0v) is 11.9. The third-order valence-electron chi connectivity index (χ3n) is 3.45. The molecule has 0 spiro atoms. The molecule has 0 aromatic heterocycles. The Morgan fingerprint density at radius 2 is 1.94 bits per heavy atom. The predicted octanol–water partition coefficient (Wildman–Crippen LogP) is 0.885. The number of nitrogens with zero attached hydrogens (tertiary/aromatic N) is 1. The summed E-state index contributed by atoms with van der Waals surface area (Å²) in [7, 11) is -2.79. The minimum atomic E-state index is -2.79. The van der Waals surface area contributed by atoms with Crippen molar-refractivity contribution in [3.63, 3.8) is 0 Å². The molecule has 1 heterocycles. The van der Waals surface area contributed by atoms with Crippen molar-refractivity contribution in [2.45, 2.75) is 39.2 Å². The van der Waals surface area contributed by atoms with Crippen LogP contribution in [0.2, 0.25) is 0 Å². The van der Waals surface area contributed by atoms with Gasteiger partial charge in [-0.2, -0.15) is 0 Å². The van der Waals surface area contributed by atoms with Crippen LogP contribution in [0, 0.1) is 0 Å². The van der Waals surface area contributed by atoms with Crippen molar-refractivity contribution in [3.8, 4) is 0 Å². The second-order valence-corrected chi connectivity index (χ2v) is 7.36. The van der Waals surface area contributed by atoms with Crippen molar-refractivity contribution >= 4 is 9.84 Å². The van der Waals surface area contributed by atoms with E-state index in [9.17, 15) is 8.42 Å². The highest BCUT2D eigenvalue weighted by molar-refractivity contribution is 7.91. The molecule has 0 saturated carbocycles. The Bertz CT molecular complexity index is 298. The second kappa shape index (κ2) is 7.34. The van der Waals surface area contributed by atoms with E-state index in [0.717, 1.165) is 19.5 Å². The van der Waals surface area contributed by atoms with Gasteiger partial charge in [0, 0.05) is 18.3 Å². The molecule has 1 N–H and O–H groups in total. The van der Waals surface area contributed by atoms with Gasteiger partial charge in [-0.05, 0) is 45.8 Å². The first-order chi connectivity index (χ1) is 8.05. The quantitative estimate of drug-likeness (QED) is 0.660. The molecule has 0 aromatic carbocycles. The summed E-state index contributed by atoms with van der Waals surface area (Å²) in [5.41, 5.74) is 0. The predicted molar refractivity (Wildman–Crippen MR) is 72.1 cm³/mol. The van der Waals surface area contributed by atoms with Crippen LogP contribution in [-0.2, 0) is 9.84 Å². The fourth-order valence-electron chi connectivity index (χ4n) is 2.18. The first kappa shape index (κ1) is 14.9. The first-order valence-electron chi connectivity index (χ1n) is 6.70. The maximum absolute atomic E-state index is 11.3. The summed E-state index contributed by atoms with van der Waals surface area (Å²) in [4.78, 5) is 2.50. The zero-order valence-electron chi connectivity index (χ0n) is 11.1. The third-order valence-corrected chi connectivity index (χ3v) is 5.24. The second-order valence-electron chi connectivity index (χ2n) is 4.89. The topological polar surface area (TPSA) is 49.4 Å². The van der Waals surface area contributed by atoms with Gasteiger partial charge in [0.1, 0.15) is 9.84 Å². The van der Waals surface area contributed by atoms with E-state index in [4.69, 9.17) is 0 Å². The van der Waals surface area contributed by atoms with E-state index in [1.807, 2.05) is 0 Å². The smallest absolute Gasteiger partial charge is 0.150 e. The van der Waals surface area contributed by atoms with E-state index >= 15 is 0 Å². The zero-order chi connectivity index (χ0) is 12.7. The van der Waals surface area contributed by atoms with Crippen molar-refractivity contribution < 1.29 is 8.42 Å². The lowest BCUT2D eigenvalue weighted by molar-refractivity contribution is 0.252. The molecule has 1 unspecified atom stereocenters. The Morgan fingerprint density at radius 3 is 2.53 bits per heavy atom. The maximum atomic E-state index is 11.3.